The fraction of sp³-hybridized carbons (Fsp3) is 0.200. The van der Waals surface area contributed by atoms with Gasteiger partial charge in [0.15, 0.2) is 0 Å². The third-order valence-corrected chi connectivity index (χ3v) is 1.85. The summed E-state index contributed by atoms with van der Waals surface area (Å²) in [5, 5.41) is 0. The van der Waals surface area contributed by atoms with Crippen molar-refractivity contribution in [2.45, 2.75) is 6.92 Å². The van der Waals surface area contributed by atoms with Crippen molar-refractivity contribution in [3.8, 4) is 0 Å². The van der Waals surface area contributed by atoms with Crippen molar-refractivity contribution >= 4 is 22.9 Å². The summed E-state index contributed by atoms with van der Waals surface area (Å²) in [5.74, 6) is 0. The standard InChI is InChI=1S/C5H5ClS.Zn/c1-4-2-3-5(6)7-4;/h2-3H,1H3;. The number of halogens is 1. The zero-order valence-corrected chi connectivity index (χ0v) is 9.19. The molecular weight excluding hydrogens is 193 g/mol. The average molecular weight is 198 g/mol. The second-order valence-corrected chi connectivity index (χ2v) is 3.27. The molecule has 0 saturated carbocycles. The van der Waals surface area contributed by atoms with E-state index < -0.39 is 0 Å². The van der Waals surface area contributed by atoms with Crippen LogP contribution in [-0.2, 0) is 19.5 Å². The molecule has 0 radical (unpaired) electrons. The van der Waals surface area contributed by atoms with E-state index in [2.05, 4.69) is 0 Å². The van der Waals surface area contributed by atoms with Crippen LogP contribution in [-0.4, -0.2) is 0 Å². The number of hydrogen-bond acceptors (Lipinski definition) is 1. The molecule has 0 nitrogen and oxygen atoms in total. The Bertz CT molecular complexity index is 145. The number of hydrogen-bond donors (Lipinski definition) is 0. The Morgan fingerprint density at radius 3 is 2.25 bits per heavy atom. The minimum absolute atomic E-state index is 0. The summed E-state index contributed by atoms with van der Waals surface area (Å²) in [6.45, 7) is 2.04. The Labute approximate surface area is 70.6 Å². The molecule has 3 heteroatoms. The topological polar surface area (TPSA) is 0 Å². The van der Waals surface area contributed by atoms with Crippen LogP contribution >= 0.6 is 22.9 Å². The van der Waals surface area contributed by atoms with Gasteiger partial charge in [0.1, 0.15) is 0 Å². The van der Waals surface area contributed by atoms with Crippen LogP contribution in [0, 0.1) is 6.92 Å². The second-order valence-electron chi connectivity index (χ2n) is 1.35. The van der Waals surface area contributed by atoms with Gasteiger partial charge in [-0.3, -0.25) is 0 Å². The summed E-state index contributed by atoms with van der Waals surface area (Å²) in [6, 6.07) is 3.91. The number of aryl methyl sites for hydroxylation is 1. The maximum Gasteiger partial charge on any atom is 0.0931 e. The number of thiophene rings is 1. The molecule has 0 aliphatic carbocycles. The molecule has 40 valence electrons. The predicted molar refractivity (Wildman–Crippen MR) is 34.1 cm³/mol. The van der Waals surface area contributed by atoms with Crippen LogP contribution in [0.2, 0.25) is 4.34 Å². The first-order valence-electron chi connectivity index (χ1n) is 2.01. The molecular formula is C5H5ClSZn. The van der Waals surface area contributed by atoms with Crippen molar-refractivity contribution in [2.75, 3.05) is 0 Å². The Morgan fingerprint density at radius 2 is 2.12 bits per heavy atom. The zero-order chi connectivity index (χ0) is 5.28. The third kappa shape index (κ3) is 2.25. The van der Waals surface area contributed by atoms with Gasteiger partial charge in [0.05, 0.1) is 4.34 Å². The van der Waals surface area contributed by atoms with Crippen LogP contribution in [0.3, 0.4) is 0 Å². The van der Waals surface area contributed by atoms with E-state index in [1.165, 1.54) is 4.88 Å². The predicted octanol–water partition coefficient (Wildman–Crippen LogP) is 2.71. The average Bonchev–Trinajstić information content (AvgIpc) is 1.87. The second kappa shape index (κ2) is 3.60. The van der Waals surface area contributed by atoms with Gasteiger partial charge in [-0.05, 0) is 19.1 Å². The molecule has 0 bridgehead atoms. The van der Waals surface area contributed by atoms with Crippen LogP contribution < -0.4 is 0 Å². The van der Waals surface area contributed by atoms with E-state index >= 15 is 0 Å². The third-order valence-electron chi connectivity index (χ3n) is 0.708. The molecule has 0 aliphatic heterocycles. The number of rotatable bonds is 0. The van der Waals surface area contributed by atoms with E-state index in [0.29, 0.717) is 0 Å². The van der Waals surface area contributed by atoms with Crippen LogP contribution in [0.5, 0.6) is 0 Å². The molecule has 0 fully saturated rings. The van der Waals surface area contributed by atoms with Crippen LogP contribution in [0.15, 0.2) is 12.1 Å². The van der Waals surface area contributed by atoms with Gasteiger partial charge < -0.3 is 0 Å². The van der Waals surface area contributed by atoms with Crippen LogP contribution in [0.4, 0.5) is 0 Å². The molecule has 0 saturated heterocycles. The molecule has 0 unspecified atom stereocenters. The van der Waals surface area contributed by atoms with E-state index in [4.69, 9.17) is 11.6 Å². The first-order chi connectivity index (χ1) is 3.29. The Balaban J connectivity index is 0.000000490. The molecule has 1 aromatic heterocycles. The first-order valence-corrected chi connectivity index (χ1v) is 3.20. The van der Waals surface area contributed by atoms with Crippen LogP contribution in [0.25, 0.3) is 0 Å². The normalized spacial score (nSPS) is 8.25. The van der Waals surface area contributed by atoms with E-state index in [1.807, 2.05) is 19.1 Å². The molecule has 0 aliphatic rings. The molecule has 0 N–H and O–H groups in total. The first kappa shape index (κ1) is 8.61. The van der Waals surface area contributed by atoms with E-state index in [1.54, 1.807) is 11.3 Å². The SMILES string of the molecule is Cc1ccc(Cl)s1.[Zn]. The van der Waals surface area contributed by atoms with Crippen molar-refractivity contribution < 1.29 is 19.5 Å². The monoisotopic (exact) mass is 196 g/mol. The van der Waals surface area contributed by atoms with E-state index in [9.17, 15) is 0 Å². The van der Waals surface area contributed by atoms with Crippen molar-refractivity contribution in [3.05, 3.63) is 21.3 Å². The van der Waals surface area contributed by atoms with Gasteiger partial charge in [0.2, 0.25) is 0 Å². The summed E-state index contributed by atoms with van der Waals surface area (Å²) in [5.41, 5.74) is 0. The molecule has 0 spiro atoms. The van der Waals surface area contributed by atoms with Gasteiger partial charge in [0, 0.05) is 24.4 Å². The van der Waals surface area contributed by atoms with E-state index in [-0.39, 0.29) is 19.5 Å². The molecule has 0 amide bonds. The van der Waals surface area contributed by atoms with E-state index in [0.717, 1.165) is 4.34 Å². The molecule has 1 rings (SSSR count). The van der Waals surface area contributed by atoms with Crippen molar-refractivity contribution in [3.63, 3.8) is 0 Å². The van der Waals surface area contributed by atoms with Gasteiger partial charge in [0.25, 0.3) is 0 Å². The fourth-order valence-electron chi connectivity index (χ4n) is 0.405. The van der Waals surface area contributed by atoms with Crippen molar-refractivity contribution in [1.29, 1.82) is 0 Å². The Kier molecular flexibility index (Phi) is 3.88. The van der Waals surface area contributed by atoms with Gasteiger partial charge in [-0.1, -0.05) is 11.6 Å². The Morgan fingerprint density at radius 1 is 1.50 bits per heavy atom. The minimum atomic E-state index is 0. The maximum atomic E-state index is 5.58. The largest absolute Gasteiger partial charge is 0.129 e. The smallest absolute Gasteiger partial charge is 0.0931 e. The minimum Gasteiger partial charge on any atom is -0.129 e. The van der Waals surface area contributed by atoms with Gasteiger partial charge in [-0.2, -0.15) is 0 Å². The van der Waals surface area contributed by atoms with Crippen LogP contribution in [0.1, 0.15) is 4.88 Å². The summed E-state index contributed by atoms with van der Waals surface area (Å²) in [4.78, 5) is 1.27. The summed E-state index contributed by atoms with van der Waals surface area (Å²) < 4.78 is 0.873. The molecule has 0 atom stereocenters. The van der Waals surface area contributed by atoms with Gasteiger partial charge in [-0.25, -0.2) is 0 Å². The zero-order valence-electron chi connectivity index (χ0n) is 4.65. The summed E-state index contributed by atoms with van der Waals surface area (Å²) >= 11 is 7.19. The molecule has 1 heterocycles. The quantitative estimate of drug-likeness (QED) is 0.562. The molecule has 8 heavy (non-hydrogen) atoms. The Hall–Kier alpha value is 0.613. The summed E-state index contributed by atoms with van der Waals surface area (Å²) in [7, 11) is 0. The summed E-state index contributed by atoms with van der Waals surface area (Å²) in [6.07, 6.45) is 0. The fourth-order valence-corrected chi connectivity index (χ4v) is 1.41. The molecule has 1 aromatic rings. The van der Waals surface area contributed by atoms with Gasteiger partial charge in [-0.15, -0.1) is 11.3 Å². The van der Waals surface area contributed by atoms with Crippen molar-refractivity contribution in [1.82, 2.24) is 0 Å². The van der Waals surface area contributed by atoms with Gasteiger partial charge >= 0.3 is 0 Å². The van der Waals surface area contributed by atoms with Crippen molar-refractivity contribution in [2.24, 2.45) is 0 Å². The maximum absolute atomic E-state index is 5.58. The molecule has 0 aromatic carbocycles.